The lowest BCUT2D eigenvalue weighted by Crippen LogP contribution is -2.47. The Morgan fingerprint density at radius 1 is 0.839 bits per heavy atom. The maximum Gasteiger partial charge on any atom is 0.410 e. The molecule has 0 spiro atoms. The third-order valence-corrected chi connectivity index (χ3v) is 5.79. The monoisotopic (exact) mass is 414 g/mol. The van der Waals surface area contributed by atoms with Crippen molar-refractivity contribution in [1.82, 2.24) is 10.2 Å². The number of hydrogen-bond acceptors (Lipinski definition) is 3. The maximum atomic E-state index is 13.4. The molecule has 4 rings (SSSR count). The summed E-state index contributed by atoms with van der Waals surface area (Å²) in [6.07, 6.45) is 0.162. The van der Waals surface area contributed by atoms with Crippen molar-refractivity contribution in [3.05, 3.63) is 108 Å². The molecule has 0 bridgehead atoms. The molecule has 0 saturated carbocycles. The second-order valence-corrected chi connectivity index (χ2v) is 7.83. The van der Waals surface area contributed by atoms with E-state index in [-0.39, 0.29) is 12.5 Å². The van der Waals surface area contributed by atoms with E-state index < -0.39 is 11.5 Å². The van der Waals surface area contributed by atoms with Crippen LogP contribution in [0.1, 0.15) is 23.1 Å². The van der Waals surface area contributed by atoms with E-state index in [1.807, 2.05) is 91.0 Å². The van der Waals surface area contributed by atoms with E-state index in [0.717, 1.165) is 16.7 Å². The van der Waals surface area contributed by atoms with Gasteiger partial charge in [-0.2, -0.15) is 0 Å². The van der Waals surface area contributed by atoms with Gasteiger partial charge in [-0.3, -0.25) is 4.79 Å². The number of nitrogens with zero attached hydrogens (tertiary/aromatic N) is 1. The largest absolute Gasteiger partial charge is 0.445 e. The maximum absolute atomic E-state index is 13.4. The van der Waals surface area contributed by atoms with E-state index in [1.165, 1.54) is 0 Å². The molecule has 5 nitrogen and oxygen atoms in total. The van der Waals surface area contributed by atoms with E-state index >= 15 is 0 Å². The van der Waals surface area contributed by atoms with Crippen LogP contribution in [0.25, 0.3) is 0 Å². The minimum Gasteiger partial charge on any atom is -0.445 e. The molecule has 2 amide bonds. The van der Waals surface area contributed by atoms with Crippen LogP contribution in [0.3, 0.4) is 0 Å². The molecule has 5 heteroatoms. The van der Waals surface area contributed by atoms with Crippen LogP contribution in [0.15, 0.2) is 91.0 Å². The fraction of sp³-hybridized carbons (Fsp3) is 0.231. The fourth-order valence-electron chi connectivity index (χ4n) is 4.03. The van der Waals surface area contributed by atoms with Crippen LogP contribution >= 0.6 is 0 Å². The fourth-order valence-corrected chi connectivity index (χ4v) is 4.03. The zero-order chi connectivity index (χ0) is 21.5. The average molecular weight is 415 g/mol. The number of nitrogens with one attached hydrogen (secondary N) is 1. The molecule has 1 N–H and O–H groups in total. The number of likely N-dealkylation sites (tertiary alicyclic amines) is 1. The van der Waals surface area contributed by atoms with Crippen LogP contribution in [0.4, 0.5) is 4.79 Å². The molecular formula is C26H26N2O3. The van der Waals surface area contributed by atoms with Gasteiger partial charge in [-0.05, 0) is 23.1 Å². The molecule has 3 aromatic carbocycles. The Kier molecular flexibility index (Phi) is 6.32. The van der Waals surface area contributed by atoms with Crippen molar-refractivity contribution in [1.29, 1.82) is 0 Å². The lowest BCUT2D eigenvalue weighted by Gasteiger charge is -2.28. The summed E-state index contributed by atoms with van der Waals surface area (Å²) in [6.45, 7) is 1.44. The van der Waals surface area contributed by atoms with Crippen molar-refractivity contribution in [2.45, 2.75) is 25.0 Å². The summed E-state index contributed by atoms with van der Waals surface area (Å²) >= 11 is 0. The highest BCUT2D eigenvalue weighted by atomic mass is 16.6. The molecule has 3 aromatic rings. The van der Waals surface area contributed by atoms with Crippen molar-refractivity contribution in [3.63, 3.8) is 0 Å². The summed E-state index contributed by atoms with van der Waals surface area (Å²) in [5.74, 6) is -0.0686. The highest BCUT2D eigenvalue weighted by Gasteiger charge is 2.47. The molecule has 1 atom stereocenters. The summed E-state index contributed by atoms with van der Waals surface area (Å²) in [5, 5.41) is 3.08. The highest BCUT2D eigenvalue weighted by Crippen LogP contribution is 2.35. The molecule has 1 fully saturated rings. The zero-order valence-corrected chi connectivity index (χ0v) is 17.4. The van der Waals surface area contributed by atoms with E-state index in [1.54, 1.807) is 4.90 Å². The third-order valence-electron chi connectivity index (χ3n) is 5.79. The molecule has 0 aromatic heterocycles. The summed E-state index contributed by atoms with van der Waals surface area (Å²) in [7, 11) is 0. The summed E-state index contributed by atoms with van der Waals surface area (Å²) in [5.41, 5.74) is 2.10. The minimum absolute atomic E-state index is 0.0686. The van der Waals surface area contributed by atoms with Crippen LogP contribution < -0.4 is 5.32 Å². The van der Waals surface area contributed by atoms with E-state index in [0.29, 0.717) is 26.1 Å². The quantitative estimate of drug-likeness (QED) is 0.655. The Balaban J connectivity index is 1.47. The normalized spacial score (nSPS) is 17.9. The van der Waals surface area contributed by atoms with Gasteiger partial charge < -0.3 is 15.0 Å². The SMILES string of the molecule is O=C(OCc1ccccc1)N1CCC(C(=O)NCc2ccccc2)(c2ccccc2)C1. The van der Waals surface area contributed by atoms with Crippen LogP contribution in [0.2, 0.25) is 0 Å². The van der Waals surface area contributed by atoms with Gasteiger partial charge >= 0.3 is 6.09 Å². The Hall–Kier alpha value is -3.60. The van der Waals surface area contributed by atoms with Crippen molar-refractivity contribution in [2.24, 2.45) is 0 Å². The third kappa shape index (κ3) is 4.77. The number of benzene rings is 3. The van der Waals surface area contributed by atoms with Gasteiger partial charge in [0.15, 0.2) is 0 Å². The Bertz CT molecular complexity index is 1010. The van der Waals surface area contributed by atoms with Gasteiger partial charge in [0.1, 0.15) is 6.61 Å². The smallest absolute Gasteiger partial charge is 0.410 e. The Morgan fingerprint density at radius 2 is 1.42 bits per heavy atom. The highest BCUT2D eigenvalue weighted by molar-refractivity contribution is 5.90. The molecule has 1 saturated heterocycles. The molecule has 1 aliphatic heterocycles. The molecule has 0 radical (unpaired) electrons. The van der Waals surface area contributed by atoms with E-state index in [4.69, 9.17) is 4.74 Å². The van der Waals surface area contributed by atoms with Gasteiger partial charge in [-0.15, -0.1) is 0 Å². The number of amides is 2. The second-order valence-electron chi connectivity index (χ2n) is 7.83. The number of hydrogen-bond donors (Lipinski definition) is 1. The van der Waals surface area contributed by atoms with E-state index in [2.05, 4.69) is 5.32 Å². The zero-order valence-electron chi connectivity index (χ0n) is 17.4. The van der Waals surface area contributed by atoms with Crippen molar-refractivity contribution >= 4 is 12.0 Å². The summed E-state index contributed by atoms with van der Waals surface area (Å²) in [4.78, 5) is 27.7. The average Bonchev–Trinajstić information content (AvgIpc) is 3.30. The first-order valence-corrected chi connectivity index (χ1v) is 10.5. The topological polar surface area (TPSA) is 58.6 Å². The first kappa shape index (κ1) is 20.7. The summed E-state index contributed by atoms with van der Waals surface area (Å²) < 4.78 is 5.51. The summed E-state index contributed by atoms with van der Waals surface area (Å²) in [6, 6.07) is 29.1. The number of ether oxygens (including phenoxy) is 1. The van der Waals surface area contributed by atoms with Gasteiger partial charge in [-0.1, -0.05) is 91.0 Å². The van der Waals surface area contributed by atoms with Gasteiger partial charge in [0.2, 0.25) is 5.91 Å². The Morgan fingerprint density at radius 3 is 2.06 bits per heavy atom. The first-order valence-electron chi connectivity index (χ1n) is 10.5. The predicted molar refractivity (Wildman–Crippen MR) is 119 cm³/mol. The van der Waals surface area contributed by atoms with Gasteiger partial charge in [0.25, 0.3) is 0 Å². The van der Waals surface area contributed by atoms with Crippen molar-refractivity contribution in [2.75, 3.05) is 13.1 Å². The standard InChI is InChI=1S/C26H26N2O3/c29-24(27-18-21-10-4-1-5-11-21)26(23-14-8-3-9-15-23)16-17-28(20-26)25(30)31-19-22-12-6-2-7-13-22/h1-15H,16-20H2,(H,27,29). The minimum atomic E-state index is -0.790. The number of rotatable bonds is 6. The number of carbonyl (C=O) groups is 2. The molecule has 31 heavy (non-hydrogen) atoms. The van der Waals surface area contributed by atoms with Crippen molar-refractivity contribution in [3.8, 4) is 0 Å². The van der Waals surface area contributed by atoms with E-state index in [9.17, 15) is 9.59 Å². The first-order chi connectivity index (χ1) is 15.2. The number of carbonyl (C=O) groups excluding carboxylic acids is 2. The van der Waals surface area contributed by atoms with Crippen LogP contribution in [0, 0.1) is 0 Å². The van der Waals surface area contributed by atoms with Crippen LogP contribution in [-0.4, -0.2) is 30.0 Å². The lowest BCUT2D eigenvalue weighted by atomic mass is 9.78. The molecular weight excluding hydrogens is 388 g/mol. The lowest BCUT2D eigenvalue weighted by molar-refractivity contribution is -0.126. The van der Waals surface area contributed by atoms with Gasteiger partial charge in [0, 0.05) is 19.6 Å². The molecule has 1 heterocycles. The van der Waals surface area contributed by atoms with Crippen LogP contribution in [0.5, 0.6) is 0 Å². The van der Waals surface area contributed by atoms with Crippen LogP contribution in [-0.2, 0) is 28.1 Å². The molecule has 158 valence electrons. The molecule has 0 aliphatic carbocycles. The van der Waals surface area contributed by atoms with Gasteiger partial charge in [0.05, 0.1) is 5.41 Å². The molecule has 1 aliphatic rings. The molecule has 1 unspecified atom stereocenters. The second kappa shape index (κ2) is 9.47. The predicted octanol–water partition coefficient (Wildman–Crippen LogP) is 4.28. The van der Waals surface area contributed by atoms with Gasteiger partial charge in [-0.25, -0.2) is 4.79 Å². The van der Waals surface area contributed by atoms with Crippen molar-refractivity contribution < 1.29 is 14.3 Å². The Labute approximate surface area is 182 Å².